The Morgan fingerprint density at radius 1 is 1.43 bits per heavy atom. The molecule has 1 saturated heterocycles. The Hall–Kier alpha value is -0.570. The molecule has 14 heavy (non-hydrogen) atoms. The SMILES string of the molecule is CNC(C)(C)C(=O)N1CC(C)CC1C. The van der Waals surface area contributed by atoms with E-state index in [0.29, 0.717) is 12.0 Å². The largest absolute Gasteiger partial charge is 0.338 e. The van der Waals surface area contributed by atoms with Crippen LogP contribution in [0.4, 0.5) is 0 Å². The van der Waals surface area contributed by atoms with E-state index in [-0.39, 0.29) is 5.91 Å². The minimum absolute atomic E-state index is 0.219. The zero-order chi connectivity index (χ0) is 10.9. The summed E-state index contributed by atoms with van der Waals surface area (Å²) in [6.07, 6.45) is 1.13. The number of hydrogen-bond donors (Lipinski definition) is 1. The first-order valence-corrected chi connectivity index (χ1v) is 5.38. The van der Waals surface area contributed by atoms with Crippen molar-refractivity contribution in [2.24, 2.45) is 5.92 Å². The second kappa shape index (κ2) is 3.89. The average Bonchev–Trinajstić information content (AvgIpc) is 2.44. The number of carbonyl (C=O) groups is 1. The predicted octanol–water partition coefficient (Wildman–Crippen LogP) is 1.24. The van der Waals surface area contributed by atoms with Gasteiger partial charge in [0.1, 0.15) is 0 Å². The third kappa shape index (κ3) is 2.08. The van der Waals surface area contributed by atoms with Crippen molar-refractivity contribution >= 4 is 5.91 Å². The van der Waals surface area contributed by atoms with E-state index in [1.54, 1.807) is 0 Å². The van der Waals surface area contributed by atoms with E-state index in [0.717, 1.165) is 13.0 Å². The van der Waals surface area contributed by atoms with Gasteiger partial charge in [0.25, 0.3) is 0 Å². The molecule has 82 valence electrons. The molecular weight excluding hydrogens is 176 g/mol. The van der Waals surface area contributed by atoms with E-state index >= 15 is 0 Å². The maximum absolute atomic E-state index is 12.1. The van der Waals surface area contributed by atoms with Crippen LogP contribution in [0.3, 0.4) is 0 Å². The molecule has 1 amide bonds. The van der Waals surface area contributed by atoms with Crippen LogP contribution in [0.15, 0.2) is 0 Å². The second-order valence-corrected chi connectivity index (χ2v) is 5.02. The summed E-state index contributed by atoms with van der Waals surface area (Å²) in [6, 6.07) is 0.394. The Balaban J connectivity index is 2.70. The molecule has 2 atom stereocenters. The summed E-state index contributed by atoms with van der Waals surface area (Å²) < 4.78 is 0. The molecule has 1 heterocycles. The van der Waals surface area contributed by atoms with Crippen LogP contribution in [0.5, 0.6) is 0 Å². The first-order chi connectivity index (χ1) is 6.38. The Morgan fingerprint density at radius 3 is 2.36 bits per heavy atom. The maximum Gasteiger partial charge on any atom is 0.242 e. The molecule has 3 nitrogen and oxygen atoms in total. The lowest BCUT2D eigenvalue weighted by molar-refractivity contribution is -0.137. The van der Waals surface area contributed by atoms with Gasteiger partial charge in [0, 0.05) is 12.6 Å². The monoisotopic (exact) mass is 198 g/mol. The zero-order valence-corrected chi connectivity index (χ0v) is 9.92. The van der Waals surface area contributed by atoms with Crippen molar-refractivity contribution in [1.29, 1.82) is 0 Å². The molecule has 0 aromatic carbocycles. The smallest absolute Gasteiger partial charge is 0.242 e. The Morgan fingerprint density at radius 2 is 2.00 bits per heavy atom. The summed E-state index contributed by atoms with van der Waals surface area (Å²) in [5.74, 6) is 0.860. The Labute approximate surface area is 86.9 Å². The van der Waals surface area contributed by atoms with Gasteiger partial charge in [0.15, 0.2) is 0 Å². The summed E-state index contributed by atoms with van der Waals surface area (Å²) in [5, 5.41) is 3.06. The van der Waals surface area contributed by atoms with Crippen molar-refractivity contribution in [3.8, 4) is 0 Å². The van der Waals surface area contributed by atoms with E-state index < -0.39 is 5.54 Å². The highest BCUT2D eigenvalue weighted by molar-refractivity contribution is 5.86. The van der Waals surface area contributed by atoms with Crippen molar-refractivity contribution < 1.29 is 4.79 Å². The topological polar surface area (TPSA) is 32.3 Å². The lowest BCUT2D eigenvalue weighted by Crippen LogP contribution is -2.53. The van der Waals surface area contributed by atoms with Gasteiger partial charge in [-0.25, -0.2) is 0 Å². The first kappa shape index (κ1) is 11.5. The van der Waals surface area contributed by atoms with Gasteiger partial charge >= 0.3 is 0 Å². The van der Waals surface area contributed by atoms with Crippen LogP contribution in [-0.4, -0.2) is 36.0 Å². The minimum atomic E-state index is -0.432. The van der Waals surface area contributed by atoms with Gasteiger partial charge in [-0.3, -0.25) is 4.79 Å². The third-order valence-electron chi connectivity index (χ3n) is 3.20. The molecule has 1 N–H and O–H groups in total. The van der Waals surface area contributed by atoms with Gasteiger partial charge in [0.05, 0.1) is 5.54 Å². The van der Waals surface area contributed by atoms with Gasteiger partial charge in [-0.05, 0) is 40.2 Å². The maximum atomic E-state index is 12.1. The molecule has 0 aromatic rings. The average molecular weight is 198 g/mol. The van der Waals surface area contributed by atoms with Gasteiger partial charge in [-0.15, -0.1) is 0 Å². The van der Waals surface area contributed by atoms with Crippen molar-refractivity contribution in [3.63, 3.8) is 0 Å². The van der Waals surface area contributed by atoms with E-state index in [4.69, 9.17) is 0 Å². The van der Waals surface area contributed by atoms with Crippen LogP contribution in [-0.2, 0) is 4.79 Å². The molecule has 1 aliphatic rings. The van der Waals surface area contributed by atoms with Crippen molar-refractivity contribution in [1.82, 2.24) is 10.2 Å². The standard InChI is InChI=1S/C11H22N2O/c1-8-6-9(2)13(7-8)10(14)11(3,4)12-5/h8-9,12H,6-7H2,1-5H3. The fraction of sp³-hybridized carbons (Fsp3) is 0.909. The molecule has 0 aromatic heterocycles. The van der Waals surface area contributed by atoms with Crippen LogP contribution >= 0.6 is 0 Å². The lowest BCUT2D eigenvalue weighted by atomic mass is 10.0. The predicted molar refractivity (Wildman–Crippen MR) is 58.1 cm³/mol. The number of hydrogen-bond acceptors (Lipinski definition) is 2. The Bertz CT molecular complexity index is 225. The summed E-state index contributed by atoms with van der Waals surface area (Å²) in [4.78, 5) is 14.1. The van der Waals surface area contributed by atoms with Gasteiger partial charge < -0.3 is 10.2 Å². The van der Waals surface area contributed by atoms with Gasteiger partial charge in [-0.2, -0.15) is 0 Å². The van der Waals surface area contributed by atoms with E-state index in [1.165, 1.54) is 0 Å². The lowest BCUT2D eigenvalue weighted by Gasteiger charge is -2.31. The van der Waals surface area contributed by atoms with E-state index in [9.17, 15) is 4.79 Å². The summed E-state index contributed by atoms with van der Waals surface area (Å²) >= 11 is 0. The molecule has 1 fully saturated rings. The van der Waals surface area contributed by atoms with E-state index in [1.807, 2.05) is 25.8 Å². The number of likely N-dealkylation sites (tertiary alicyclic amines) is 1. The van der Waals surface area contributed by atoms with Gasteiger partial charge in [-0.1, -0.05) is 6.92 Å². The zero-order valence-electron chi connectivity index (χ0n) is 9.92. The van der Waals surface area contributed by atoms with Crippen LogP contribution in [0.2, 0.25) is 0 Å². The Kier molecular flexibility index (Phi) is 3.20. The molecule has 1 rings (SSSR count). The van der Waals surface area contributed by atoms with E-state index in [2.05, 4.69) is 19.2 Å². The van der Waals surface area contributed by atoms with Crippen molar-refractivity contribution in [3.05, 3.63) is 0 Å². The quantitative estimate of drug-likeness (QED) is 0.724. The molecule has 1 aliphatic heterocycles. The molecular formula is C11H22N2O. The molecule has 0 saturated carbocycles. The van der Waals surface area contributed by atoms with Crippen molar-refractivity contribution in [2.75, 3.05) is 13.6 Å². The summed E-state index contributed by atoms with van der Waals surface area (Å²) in [5.41, 5.74) is -0.432. The highest BCUT2D eigenvalue weighted by atomic mass is 16.2. The molecule has 0 spiro atoms. The number of amides is 1. The fourth-order valence-corrected chi connectivity index (χ4v) is 2.05. The molecule has 0 radical (unpaired) electrons. The number of nitrogens with zero attached hydrogens (tertiary/aromatic N) is 1. The molecule has 2 unspecified atom stereocenters. The second-order valence-electron chi connectivity index (χ2n) is 5.02. The molecule has 0 bridgehead atoms. The molecule has 0 aliphatic carbocycles. The van der Waals surface area contributed by atoms with Crippen LogP contribution in [0.1, 0.15) is 34.1 Å². The van der Waals surface area contributed by atoms with Crippen LogP contribution in [0.25, 0.3) is 0 Å². The van der Waals surface area contributed by atoms with Crippen LogP contribution in [0, 0.1) is 5.92 Å². The highest BCUT2D eigenvalue weighted by Crippen LogP contribution is 2.24. The first-order valence-electron chi connectivity index (χ1n) is 5.38. The summed E-state index contributed by atoms with van der Waals surface area (Å²) in [6.45, 7) is 9.12. The fourth-order valence-electron chi connectivity index (χ4n) is 2.05. The minimum Gasteiger partial charge on any atom is -0.338 e. The highest BCUT2D eigenvalue weighted by Gasteiger charge is 2.37. The number of likely N-dealkylation sites (N-methyl/N-ethyl adjacent to an activating group) is 1. The normalized spacial score (nSPS) is 28.2. The number of carbonyl (C=O) groups excluding carboxylic acids is 1. The molecule has 3 heteroatoms. The summed E-state index contributed by atoms with van der Waals surface area (Å²) in [7, 11) is 1.84. The third-order valence-corrected chi connectivity index (χ3v) is 3.20. The number of nitrogens with one attached hydrogen (secondary N) is 1. The van der Waals surface area contributed by atoms with Gasteiger partial charge in [0.2, 0.25) is 5.91 Å². The van der Waals surface area contributed by atoms with Crippen LogP contribution < -0.4 is 5.32 Å². The van der Waals surface area contributed by atoms with Crippen molar-refractivity contribution in [2.45, 2.75) is 45.7 Å². The number of rotatable bonds is 2.